The Labute approximate surface area is 168 Å². The minimum Gasteiger partial charge on any atom is -0.300 e. The van der Waals surface area contributed by atoms with Gasteiger partial charge in [0.15, 0.2) is 5.16 Å². The van der Waals surface area contributed by atoms with Crippen LogP contribution in [0.1, 0.15) is 10.6 Å². The third-order valence-corrected chi connectivity index (χ3v) is 5.07. The van der Waals surface area contributed by atoms with Gasteiger partial charge in [-0.3, -0.25) is 14.9 Å². The Hall–Kier alpha value is -3.24. The summed E-state index contributed by atoms with van der Waals surface area (Å²) in [6.07, 6.45) is -4.64. The second-order valence-electron chi connectivity index (χ2n) is 5.32. The minimum atomic E-state index is -4.64. The zero-order chi connectivity index (χ0) is 21.0. The van der Waals surface area contributed by atoms with Crippen LogP contribution in [0.4, 0.5) is 18.3 Å². The Morgan fingerprint density at radius 1 is 1.28 bits per heavy atom. The molecule has 8 nitrogen and oxygen atoms in total. The van der Waals surface area contributed by atoms with Crippen LogP contribution in [0.15, 0.2) is 40.3 Å². The fourth-order valence-corrected chi connectivity index (χ4v) is 3.39. The highest BCUT2D eigenvalue weighted by atomic mass is 32.2. The fourth-order valence-electron chi connectivity index (χ4n) is 2.11. The molecular weight excluding hydrogens is 429 g/mol. The molecule has 3 aromatic rings. The summed E-state index contributed by atoms with van der Waals surface area (Å²) in [6, 6.07) is 10.4. The first kappa shape index (κ1) is 20.5. The monoisotopic (exact) mass is 438 g/mol. The minimum absolute atomic E-state index is 0.0799. The molecular formula is C16H9F3N6O2S2. The van der Waals surface area contributed by atoms with Gasteiger partial charge in [0.1, 0.15) is 11.6 Å². The number of nitrogens with one attached hydrogen (secondary N) is 2. The Morgan fingerprint density at radius 2 is 2.00 bits per heavy atom. The molecule has 0 aliphatic rings. The molecule has 0 aliphatic carbocycles. The zero-order valence-electron chi connectivity index (χ0n) is 14.1. The summed E-state index contributed by atoms with van der Waals surface area (Å²) >= 11 is 1.05. The largest absolute Gasteiger partial charge is 0.445 e. The maximum atomic E-state index is 12.5. The number of nitrogens with zero attached hydrogens (tertiary/aromatic N) is 4. The lowest BCUT2D eigenvalue weighted by Crippen LogP contribution is -2.17. The molecule has 0 unspecified atom stereocenters. The van der Waals surface area contributed by atoms with Crippen LogP contribution in [0.25, 0.3) is 11.3 Å². The first-order valence-corrected chi connectivity index (χ1v) is 9.51. The van der Waals surface area contributed by atoms with Gasteiger partial charge >= 0.3 is 6.18 Å². The molecule has 29 heavy (non-hydrogen) atoms. The first-order valence-electron chi connectivity index (χ1n) is 7.71. The summed E-state index contributed by atoms with van der Waals surface area (Å²) in [7, 11) is 0. The van der Waals surface area contributed by atoms with Crippen LogP contribution < -0.4 is 10.9 Å². The molecule has 13 heteroatoms. The lowest BCUT2D eigenvalue weighted by molar-refractivity contribution is -0.138. The Balaban J connectivity index is 1.73. The standard InChI is InChI=1S/C16H9F3N6O2S2/c17-16(18,19)13-24-25-15(29-13)21-10(26)7-28-14-22-11(8-4-2-1-3-5-8)9(6-20)12(27)23-14/h1-5H,7H2,(H,21,25,26)(H,22,23,27). The van der Waals surface area contributed by atoms with Crippen molar-refractivity contribution in [3.05, 3.63) is 51.3 Å². The van der Waals surface area contributed by atoms with Crippen LogP contribution in [0, 0.1) is 11.3 Å². The highest BCUT2D eigenvalue weighted by molar-refractivity contribution is 7.99. The second kappa shape index (κ2) is 8.41. The van der Waals surface area contributed by atoms with E-state index in [0.29, 0.717) is 5.56 Å². The number of carbonyl (C=O) groups is 1. The number of aromatic amines is 1. The van der Waals surface area contributed by atoms with Gasteiger partial charge in [0.2, 0.25) is 16.0 Å². The van der Waals surface area contributed by atoms with Crippen molar-refractivity contribution >= 4 is 34.1 Å². The van der Waals surface area contributed by atoms with Crippen molar-refractivity contribution in [3.8, 4) is 17.3 Å². The molecule has 148 valence electrons. The Kier molecular flexibility index (Phi) is 5.95. The van der Waals surface area contributed by atoms with Crippen LogP contribution >= 0.6 is 23.1 Å². The van der Waals surface area contributed by atoms with Crippen molar-refractivity contribution in [2.75, 3.05) is 11.1 Å². The SMILES string of the molecule is N#Cc1c(-c2ccccc2)nc(SCC(=O)Nc2nnc(C(F)(F)F)s2)[nH]c1=O. The van der Waals surface area contributed by atoms with E-state index < -0.39 is 22.7 Å². The van der Waals surface area contributed by atoms with E-state index in [9.17, 15) is 28.0 Å². The van der Waals surface area contributed by atoms with Gasteiger partial charge in [-0.05, 0) is 0 Å². The third-order valence-electron chi connectivity index (χ3n) is 3.31. The number of H-pyrrole nitrogens is 1. The Morgan fingerprint density at radius 3 is 2.62 bits per heavy atom. The summed E-state index contributed by atoms with van der Waals surface area (Å²) < 4.78 is 37.5. The van der Waals surface area contributed by atoms with Crippen LogP contribution in [0.3, 0.4) is 0 Å². The molecule has 1 amide bonds. The number of aromatic nitrogens is 4. The molecule has 0 aliphatic heterocycles. The fraction of sp³-hybridized carbons (Fsp3) is 0.125. The third kappa shape index (κ3) is 4.98. The second-order valence-corrected chi connectivity index (χ2v) is 7.26. The van der Waals surface area contributed by atoms with E-state index in [0.717, 1.165) is 11.8 Å². The van der Waals surface area contributed by atoms with Gasteiger partial charge < -0.3 is 4.98 Å². The van der Waals surface area contributed by atoms with Gasteiger partial charge in [-0.15, -0.1) is 10.2 Å². The van der Waals surface area contributed by atoms with Crippen molar-refractivity contribution < 1.29 is 18.0 Å². The predicted molar refractivity (Wildman–Crippen MR) is 99.3 cm³/mol. The molecule has 2 aromatic heterocycles. The lowest BCUT2D eigenvalue weighted by Gasteiger charge is -2.06. The molecule has 0 saturated heterocycles. The van der Waals surface area contributed by atoms with Crippen LogP contribution in [-0.2, 0) is 11.0 Å². The Bertz CT molecular complexity index is 1140. The van der Waals surface area contributed by atoms with Crippen molar-refractivity contribution in [3.63, 3.8) is 0 Å². The van der Waals surface area contributed by atoms with Gasteiger partial charge in [-0.25, -0.2) is 4.98 Å². The highest BCUT2D eigenvalue weighted by Crippen LogP contribution is 2.33. The number of alkyl halides is 3. The van der Waals surface area contributed by atoms with E-state index in [4.69, 9.17) is 0 Å². The van der Waals surface area contributed by atoms with Crippen molar-refractivity contribution in [2.24, 2.45) is 0 Å². The van der Waals surface area contributed by atoms with Crippen molar-refractivity contribution in [2.45, 2.75) is 11.3 Å². The normalized spacial score (nSPS) is 11.1. The topological polar surface area (TPSA) is 124 Å². The van der Waals surface area contributed by atoms with Crippen LogP contribution in [0.5, 0.6) is 0 Å². The summed E-state index contributed by atoms with van der Waals surface area (Å²) in [5.74, 6) is -0.919. The number of hydrogen-bond acceptors (Lipinski definition) is 8. The smallest absolute Gasteiger partial charge is 0.300 e. The summed E-state index contributed by atoms with van der Waals surface area (Å²) in [5, 5.41) is 16.3. The summed E-state index contributed by atoms with van der Waals surface area (Å²) in [5.41, 5.74) is -0.115. The molecule has 0 atom stereocenters. The number of anilines is 1. The number of amides is 1. The molecule has 0 spiro atoms. The number of rotatable bonds is 5. The van der Waals surface area contributed by atoms with E-state index >= 15 is 0 Å². The molecule has 0 fully saturated rings. The number of carbonyl (C=O) groups excluding carboxylic acids is 1. The number of hydrogen-bond donors (Lipinski definition) is 2. The highest BCUT2D eigenvalue weighted by Gasteiger charge is 2.35. The molecule has 0 radical (unpaired) electrons. The van der Waals surface area contributed by atoms with E-state index in [1.165, 1.54) is 0 Å². The maximum absolute atomic E-state index is 12.5. The average molecular weight is 438 g/mol. The molecule has 3 rings (SSSR count). The summed E-state index contributed by atoms with van der Waals surface area (Å²) in [4.78, 5) is 30.7. The van der Waals surface area contributed by atoms with Gasteiger partial charge in [0.05, 0.1) is 11.4 Å². The molecule has 2 N–H and O–H groups in total. The quantitative estimate of drug-likeness (QED) is 0.464. The maximum Gasteiger partial charge on any atom is 0.445 e. The lowest BCUT2D eigenvalue weighted by atomic mass is 10.1. The summed E-state index contributed by atoms with van der Waals surface area (Å²) in [6.45, 7) is 0. The van der Waals surface area contributed by atoms with Gasteiger partial charge in [-0.1, -0.05) is 53.4 Å². The van der Waals surface area contributed by atoms with Crippen molar-refractivity contribution in [1.29, 1.82) is 5.26 Å². The number of nitriles is 1. The molecule has 0 saturated carbocycles. The van der Waals surface area contributed by atoms with E-state index in [2.05, 4.69) is 25.5 Å². The van der Waals surface area contributed by atoms with E-state index in [1.807, 2.05) is 0 Å². The number of thioether (sulfide) groups is 1. The van der Waals surface area contributed by atoms with E-state index in [-0.39, 0.29) is 38.6 Å². The molecule has 2 heterocycles. The molecule has 1 aromatic carbocycles. The van der Waals surface area contributed by atoms with Gasteiger partial charge in [-0.2, -0.15) is 18.4 Å². The van der Waals surface area contributed by atoms with E-state index in [1.54, 1.807) is 36.4 Å². The number of benzene rings is 1. The van der Waals surface area contributed by atoms with Crippen molar-refractivity contribution in [1.82, 2.24) is 20.2 Å². The van der Waals surface area contributed by atoms with Gasteiger partial charge in [0, 0.05) is 5.56 Å². The molecule has 0 bridgehead atoms. The zero-order valence-corrected chi connectivity index (χ0v) is 15.8. The van der Waals surface area contributed by atoms with Crippen LogP contribution in [0.2, 0.25) is 0 Å². The van der Waals surface area contributed by atoms with Gasteiger partial charge in [0.25, 0.3) is 5.56 Å². The first-order chi connectivity index (χ1) is 13.8. The number of halogens is 3. The average Bonchev–Trinajstić information content (AvgIpc) is 3.15. The van der Waals surface area contributed by atoms with Crippen LogP contribution in [-0.4, -0.2) is 31.8 Å². The predicted octanol–water partition coefficient (Wildman–Crippen LogP) is 2.91.